The highest BCUT2D eigenvalue weighted by Crippen LogP contribution is 2.29. The van der Waals surface area contributed by atoms with Gasteiger partial charge in [-0.25, -0.2) is 4.98 Å². The second kappa shape index (κ2) is 6.04. The third-order valence-corrected chi connectivity index (χ3v) is 3.51. The third kappa shape index (κ3) is 3.46. The predicted molar refractivity (Wildman–Crippen MR) is 84.0 cm³/mol. The molecule has 1 unspecified atom stereocenters. The van der Waals surface area contributed by atoms with E-state index in [2.05, 4.69) is 31.2 Å². The maximum Gasteiger partial charge on any atom is 0.332 e. The van der Waals surface area contributed by atoms with Gasteiger partial charge in [-0.1, -0.05) is 28.1 Å². The van der Waals surface area contributed by atoms with Crippen molar-refractivity contribution in [3.63, 3.8) is 0 Å². The van der Waals surface area contributed by atoms with Crippen LogP contribution in [0, 0.1) is 17.0 Å². The lowest BCUT2D eigenvalue weighted by molar-refractivity contribution is -0.385. The first-order valence-corrected chi connectivity index (χ1v) is 6.98. The van der Waals surface area contributed by atoms with Crippen LogP contribution in [0.1, 0.15) is 24.2 Å². The number of hydrogen-bond donors (Lipinski definition) is 2. The number of nitrogens with two attached hydrogens (primary N) is 1. The van der Waals surface area contributed by atoms with Gasteiger partial charge in [-0.2, -0.15) is 4.98 Å². The van der Waals surface area contributed by atoms with E-state index in [0.29, 0.717) is 0 Å². The fraction of sp³-hybridized carbons (Fsp3) is 0.231. The zero-order chi connectivity index (χ0) is 15.6. The van der Waals surface area contributed by atoms with E-state index >= 15 is 0 Å². The largest absolute Gasteiger partial charge is 0.368 e. The van der Waals surface area contributed by atoms with Crippen LogP contribution in [0.15, 0.2) is 28.7 Å². The zero-order valence-corrected chi connectivity index (χ0v) is 13.1. The molecule has 0 fully saturated rings. The van der Waals surface area contributed by atoms with Crippen molar-refractivity contribution in [2.75, 3.05) is 11.1 Å². The molecule has 2 aromatic rings. The topological polar surface area (TPSA) is 107 Å². The van der Waals surface area contributed by atoms with Gasteiger partial charge in [0.05, 0.1) is 11.0 Å². The van der Waals surface area contributed by atoms with Gasteiger partial charge in [-0.05, 0) is 31.5 Å². The molecule has 0 saturated heterocycles. The molecule has 0 bridgehead atoms. The molecule has 0 amide bonds. The van der Waals surface area contributed by atoms with Crippen molar-refractivity contribution < 1.29 is 4.92 Å². The summed E-state index contributed by atoms with van der Waals surface area (Å²) in [6.07, 6.45) is 0. The second-order valence-corrected chi connectivity index (χ2v) is 5.45. The fourth-order valence-corrected chi connectivity index (χ4v) is 2.21. The summed E-state index contributed by atoms with van der Waals surface area (Å²) in [4.78, 5) is 18.4. The molecule has 1 heterocycles. The van der Waals surface area contributed by atoms with Gasteiger partial charge in [0.2, 0.25) is 11.8 Å². The molecule has 0 aliphatic rings. The minimum absolute atomic E-state index is 0.00334. The SMILES string of the molecule is Cc1nc(N)nc(NC(C)c2ccc(Br)cc2)c1[N+](=O)[O-]. The molecular weight excluding hydrogens is 338 g/mol. The summed E-state index contributed by atoms with van der Waals surface area (Å²) < 4.78 is 0.964. The summed E-state index contributed by atoms with van der Waals surface area (Å²) in [5.41, 5.74) is 6.62. The van der Waals surface area contributed by atoms with E-state index in [9.17, 15) is 10.1 Å². The smallest absolute Gasteiger partial charge is 0.332 e. The van der Waals surface area contributed by atoms with Crippen LogP contribution >= 0.6 is 15.9 Å². The highest BCUT2D eigenvalue weighted by molar-refractivity contribution is 9.10. The van der Waals surface area contributed by atoms with E-state index in [0.717, 1.165) is 10.0 Å². The Labute approximate surface area is 129 Å². The number of aryl methyl sites for hydroxylation is 1. The molecule has 1 atom stereocenters. The van der Waals surface area contributed by atoms with E-state index in [-0.39, 0.29) is 29.2 Å². The van der Waals surface area contributed by atoms with Crippen molar-refractivity contribution in [1.29, 1.82) is 0 Å². The molecule has 0 radical (unpaired) electrons. The lowest BCUT2D eigenvalue weighted by Crippen LogP contribution is -2.12. The van der Waals surface area contributed by atoms with Crippen LogP contribution in [0.2, 0.25) is 0 Å². The number of rotatable bonds is 4. The summed E-state index contributed by atoms with van der Waals surface area (Å²) in [5.74, 6) is 0.129. The van der Waals surface area contributed by atoms with Gasteiger partial charge in [0.25, 0.3) is 0 Å². The Balaban J connectivity index is 2.34. The number of nitrogens with one attached hydrogen (secondary N) is 1. The number of nitrogen functional groups attached to an aromatic ring is 1. The van der Waals surface area contributed by atoms with Crippen LogP contribution in [0.3, 0.4) is 0 Å². The van der Waals surface area contributed by atoms with E-state index in [1.165, 1.54) is 6.92 Å². The van der Waals surface area contributed by atoms with Crippen molar-refractivity contribution in [2.45, 2.75) is 19.9 Å². The van der Waals surface area contributed by atoms with Crippen LogP contribution in [0.5, 0.6) is 0 Å². The lowest BCUT2D eigenvalue weighted by Gasteiger charge is -2.15. The molecule has 21 heavy (non-hydrogen) atoms. The Kier molecular flexibility index (Phi) is 4.37. The standard InChI is InChI=1S/C13H14BrN5O2/c1-7(9-3-5-10(14)6-4-9)16-12-11(19(20)21)8(2)17-13(15)18-12/h3-7H,1-2H3,(H3,15,16,17,18). The summed E-state index contributed by atoms with van der Waals surface area (Å²) in [7, 11) is 0. The molecular formula is C13H14BrN5O2. The van der Waals surface area contributed by atoms with E-state index in [1.807, 2.05) is 31.2 Å². The maximum absolute atomic E-state index is 11.2. The fourth-order valence-electron chi connectivity index (χ4n) is 1.95. The number of anilines is 2. The highest BCUT2D eigenvalue weighted by atomic mass is 79.9. The Morgan fingerprint density at radius 1 is 1.33 bits per heavy atom. The minimum Gasteiger partial charge on any atom is -0.368 e. The second-order valence-electron chi connectivity index (χ2n) is 4.54. The van der Waals surface area contributed by atoms with Gasteiger partial charge in [0.1, 0.15) is 5.69 Å². The van der Waals surface area contributed by atoms with Crippen LogP contribution in [-0.4, -0.2) is 14.9 Å². The number of nitro groups is 1. The molecule has 110 valence electrons. The summed E-state index contributed by atoms with van der Waals surface area (Å²) in [5, 5.41) is 14.2. The van der Waals surface area contributed by atoms with E-state index in [4.69, 9.17) is 5.73 Å². The molecule has 0 spiro atoms. The number of nitrogens with zero attached hydrogens (tertiary/aromatic N) is 3. The zero-order valence-electron chi connectivity index (χ0n) is 11.5. The minimum atomic E-state index is -0.509. The van der Waals surface area contributed by atoms with Crippen LogP contribution < -0.4 is 11.1 Å². The first kappa shape index (κ1) is 15.2. The summed E-state index contributed by atoms with van der Waals surface area (Å²) >= 11 is 3.36. The van der Waals surface area contributed by atoms with Gasteiger partial charge in [0, 0.05) is 4.47 Å². The van der Waals surface area contributed by atoms with Crippen LogP contribution in [-0.2, 0) is 0 Å². The lowest BCUT2D eigenvalue weighted by atomic mass is 10.1. The normalized spacial score (nSPS) is 12.0. The molecule has 0 saturated carbocycles. The van der Waals surface area contributed by atoms with Crippen molar-refractivity contribution in [1.82, 2.24) is 9.97 Å². The molecule has 1 aromatic carbocycles. The third-order valence-electron chi connectivity index (χ3n) is 2.98. The highest BCUT2D eigenvalue weighted by Gasteiger charge is 2.22. The predicted octanol–water partition coefficient (Wildman–Crippen LogP) is 3.21. The van der Waals surface area contributed by atoms with Gasteiger partial charge in [-0.15, -0.1) is 0 Å². The van der Waals surface area contributed by atoms with E-state index < -0.39 is 4.92 Å². The van der Waals surface area contributed by atoms with Gasteiger partial charge in [-0.3, -0.25) is 10.1 Å². The molecule has 0 aliphatic carbocycles. The Bertz CT molecular complexity index is 675. The van der Waals surface area contributed by atoms with Gasteiger partial charge < -0.3 is 11.1 Å². The molecule has 0 aliphatic heterocycles. The van der Waals surface area contributed by atoms with Crippen molar-refractivity contribution >= 4 is 33.4 Å². The average molecular weight is 352 g/mol. The number of benzene rings is 1. The monoisotopic (exact) mass is 351 g/mol. The number of hydrogen-bond acceptors (Lipinski definition) is 6. The Morgan fingerprint density at radius 2 is 1.95 bits per heavy atom. The Morgan fingerprint density at radius 3 is 2.52 bits per heavy atom. The van der Waals surface area contributed by atoms with Crippen LogP contribution in [0.25, 0.3) is 0 Å². The quantitative estimate of drug-likeness (QED) is 0.646. The summed E-state index contributed by atoms with van der Waals surface area (Å²) in [6, 6.07) is 7.49. The molecule has 1 aromatic heterocycles. The summed E-state index contributed by atoms with van der Waals surface area (Å²) in [6.45, 7) is 3.42. The number of halogens is 1. The first-order valence-electron chi connectivity index (χ1n) is 6.19. The molecule has 7 nitrogen and oxygen atoms in total. The van der Waals surface area contributed by atoms with Crippen molar-refractivity contribution in [3.8, 4) is 0 Å². The molecule has 8 heteroatoms. The van der Waals surface area contributed by atoms with Crippen LogP contribution in [0.4, 0.5) is 17.5 Å². The van der Waals surface area contributed by atoms with Gasteiger partial charge >= 0.3 is 5.69 Å². The maximum atomic E-state index is 11.2. The molecule has 2 rings (SSSR count). The Hall–Kier alpha value is -2.22. The van der Waals surface area contributed by atoms with Crippen molar-refractivity contribution in [2.24, 2.45) is 0 Å². The average Bonchev–Trinajstić information content (AvgIpc) is 2.37. The van der Waals surface area contributed by atoms with Gasteiger partial charge in [0.15, 0.2) is 0 Å². The first-order chi connectivity index (χ1) is 9.88. The number of aromatic nitrogens is 2. The molecule has 3 N–H and O–H groups in total. The van der Waals surface area contributed by atoms with E-state index in [1.54, 1.807) is 0 Å². The van der Waals surface area contributed by atoms with Crippen molar-refractivity contribution in [3.05, 3.63) is 50.1 Å².